The smallest absolute Gasteiger partial charge is 0.321 e. The van der Waals surface area contributed by atoms with Crippen LogP contribution in [0.3, 0.4) is 0 Å². The zero-order valence-electron chi connectivity index (χ0n) is 17.8. The number of hydrogen-bond donors (Lipinski definition) is 2. The molecule has 31 heavy (non-hydrogen) atoms. The van der Waals surface area contributed by atoms with Crippen molar-refractivity contribution in [3.8, 4) is 0 Å². The van der Waals surface area contributed by atoms with Crippen LogP contribution in [-0.2, 0) is 11.2 Å². The van der Waals surface area contributed by atoms with E-state index in [2.05, 4.69) is 63.1 Å². The molecule has 0 aromatic heterocycles. The van der Waals surface area contributed by atoms with Gasteiger partial charge in [0.25, 0.3) is 0 Å². The molecular formula is C25H31IN2O2S. The number of nitrogens with zero attached hydrogens (tertiary/aromatic N) is 1. The Labute approximate surface area is 203 Å². The van der Waals surface area contributed by atoms with Gasteiger partial charge in [-0.3, -0.25) is 15.0 Å². The average molecular weight is 551 g/mol. The highest BCUT2D eigenvalue weighted by Gasteiger charge is 2.41. The largest absolute Gasteiger partial charge is 0.480 e. The zero-order chi connectivity index (χ0) is 21.6. The Morgan fingerprint density at radius 1 is 1.06 bits per heavy atom. The fourth-order valence-electron chi connectivity index (χ4n) is 4.84. The van der Waals surface area contributed by atoms with E-state index in [1.165, 1.54) is 44.1 Å². The summed E-state index contributed by atoms with van der Waals surface area (Å²) >= 11 is 4.14. The lowest BCUT2D eigenvalue weighted by Gasteiger charge is -2.38. The third-order valence-corrected chi connectivity index (χ3v) is 8.39. The molecule has 4 nitrogen and oxygen atoms in total. The molecule has 1 saturated heterocycles. The Morgan fingerprint density at radius 2 is 1.74 bits per heavy atom. The van der Waals surface area contributed by atoms with Crippen LogP contribution in [0.1, 0.15) is 55.7 Å². The Morgan fingerprint density at radius 3 is 2.39 bits per heavy atom. The maximum Gasteiger partial charge on any atom is 0.321 e. The Balaban J connectivity index is 1.55. The minimum atomic E-state index is -0.775. The van der Waals surface area contributed by atoms with Gasteiger partial charge in [0.05, 0.1) is 0 Å². The van der Waals surface area contributed by atoms with Crippen molar-refractivity contribution in [1.29, 1.82) is 0 Å². The number of aliphatic carboxylic acids is 1. The topological polar surface area (TPSA) is 52.6 Å². The summed E-state index contributed by atoms with van der Waals surface area (Å²) in [5.41, 5.74) is 2.43. The van der Waals surface area contributed by atoms with Crippen LogP contribution in [0.2, 0.25) is 0 Å². The van der Waals surface area contributed by atoms with Crippen molar-refractivity contribution in [3.05, 3.63) is 69.3 Å². The molecule has 6 heteroatoms. The first kappa shape index (κ1) is 23.1. The van der Waals surface area contributed by atoms with Crippen LogP contribution in [0, 0.1) is 3.57 Å². The maximum atomic E-state index is 12.2. The quantitative estimate of drug-likeness (QED) is 0.344. The average Bonchev–Trinajstić information content (AvgIpc) is 3.00. The Hall–Kier alpha value is -1.09. The third-order valence-electron chi connectivity index (χ3n) is 6.47. The summed E-state index contributed by atoms with van der Waals surface area (Å²) in [6.07, 6.45) is 8.08. The molecule has 2 N–H and O–H groups in total. The predicted molar refractivity (Wildman–Crippen MR) is 136 cm³/mol. The molecule has 0 amide bonds. The molecule has 0 bridgehead atoms. The molecule has 0 spiro atoms. The predicted octanol–water partition coefficient (Wildman–Crippen LogP) is 5.67. The highest BCUT2D eigenvalue weighted by Crippen LogP contribution is 2.42. The zero-order valence-corrected chi connectivity index (χ0v) is 20.7. The van der Waals surface area contributed by atoms with Crippen LogP contribution in [-0.4, -0.2) is 39.3 Å². The summed E-state index contributed by atoms with van der Waals surface area (Å²) in [7, 11) is 0. The van der Waals surface area contributed by atoms with Gasteiger partial charge in [0.15, 0.2) is 0 Å². The highest BCUT2D eigenvalue weighted by molar-refractivity contribution is 14.1. The standard InChI is InChI=1S/C25H31IN2O2S/c26-20-14-12-18(13-15-20)16-22(24(29)30)27-25-28(21-10-6-1-2-7-11-21)23(17-31-25)19-8-4-3-5-9-19/h3-5,8-9,12-15,21-23,25,27H,1-2,6-7,10-11,16-17H2,(H,29,30). The number of benzene rings is 2. The first-order valence-electron chi connectivity index (χ1n) is 11.3. The van der Waals surface area contributed by atoms with Crippen LogP contribution >= 0.6 is 34.4 Å². The molecule has 1 heterocycles. The van der Waals surface area contributed by atoms with Crippen LogP contribution in [0.15, 0.2) is 54.6 Å². The van der Waals surface area contributed by atoms with E-state index in [0.29, 0.717) is 18.5 Å². The Kier molecular flexibility index (Phi) is 8.31. The van der Waals surface area contributed by atoms with Gasteiger partial charge >= 0.3 is 5.97 Å². The summed E-state index contributed by atoms with van der Waals surface area (Å²) in [6, 6.07) is 19.1. The van der Waals surface area contributed by atoms with Gasteiger partial charge in [0, 0.05) is 21.4 Å². The molecule has 3 unspecified atom stereocenters. The van der Waals surface area contributed by atoms with Gasteiger partial charge in [-0.1, -0.05) is 68.1 Å². The van der Waals surface area contributed by atoms with E-state index in [1.807, 2.05) is 36.0 Å². The van der Waals surface area contributed by atoms with Crippen molar-refractivity contribution >= 4 is 40.3 Å². The number of nitrogens with one attached hydrogen (secondary N) is 1. The van der Waals surface area contributed by atoms with E-state index in [1.54, 1.807) is 0 Å². The van der Waals surface area contributed by atoms with Crippen LogP contribution < -0.4 is 5.32 Å². The number of thioether (sulfide) groups is 1. The van der Waals surface area contributed by atoms with Gasteiger partial charge in [-0.15, -0.1) is 11.8 Å². The molecule has 2 aromatic carbocycles. The van der Waals surface area contributed by atoms with Crippen LogP contribution in [0.4, 0.5) is 0 Å². The van der Waals surface area contributed by atoms with Gasteiger partial charge in [-0.05, 0) is 65.1 Å². The number of rotatable bonds is 7. The molecule has 3 atom stereocenters. The van der Waals surface area contributed by atoms with Gasteiger partial charge in [-0.2, -0.15) is 0 Å². The van der Waals surface area contributed by atoms with Crippen molar-refractivity contribution in [1.82, 2.24) is 10.2 Å². The minimum Gasteiger partial charge on any atom is -0.480 e. The van der Waals surface area contributed by atoms with E-state index in [4.69, 9.17) is 0 Å². The van der Waals surface area contributed by atoms with Crippen molar-refractivity contribution in [2.45, 2.75) is 68.6 Å². The second kappa shape index (κ2) is 11.2. The molecule has 2 fully saturated rings. The van der Waals surface area contributed by atoms with Crippen molar-refractivity contribution in [2.24, 2.45) is 0 Å². The minimum absolute atomic E-state index is 0.0262. The summed E-state index contributed by atoms with van der Waals surface area (Å²) in [5, 5.41) is 13.5. The summed E-state index contributed by atoms with van der Waals surface area (Å²) < 4.78 is 1.16. The second-order valence-corrected chi connectivity index (χ2v) is 11.0. The molecule has 2 aromatic rings. The fraction of sp³-hybridized carbons (Fsp3) is 0.480. The fourth-order valence-corrected chi connectivity index (χ4v) is 6.68. The normalized spacial score (nSPS) is 24.0. The number of hydrogen-bond acceptors (Lipinski definition) is 4. The summed E-state index contributed by atoms with van der Waals surface area (Å²) in [6.45, 7) is 0. The molecular weight excluding hydrogens is 519 g/mol. The lowest BCUT2D eigenvalue weighted by atomic mass is 10.0. The van der Waals surface area contributed by atoms with Crippen LogP contribution in [0.5, 0.6) is 0 Å². The van der Waals surface area contributed by atoms with Crippen molar-refractivity contribution in [3.63, 3.8) is 0 Å². The van der Waals surface area contributed by atoms with E-state index in [-0.39, 0.29) is 5.50 Å². The third kappa shape index (κ3) is 6.03. The molecule has 1 saturated carbocycles. The summed E-state index contributed by atoms with van der Waals surface area (Å²) in [5.74, 6) is 0.219. The van der Waals surface area contributed by atoms with E-state index in [9.17, 15) is 9.90 Å². The monoisotopic (exact) mass is 550 g/mol. The van der Waals surface area contributed by atoms with Crippen molar-refractivity contribution in [2.75, 3.05) is 5.75 Å². The molecule has 166 valence electrons. The first-order valence-corrected chi connectivity index (χ1v) is 13.4. The molecule has 1 aliphatic carbocycles. The molecule has 1 aliphatic heterocycles. The highest BCUT2D eigenvalue weighted by atomic mass is 127. The van der Waals surface area contributed by atoms with E-state index >= 15 is 0 Å². The molecule has 0 radical (unpaired) electrons. The van der Waals surface area contributed by atoms with E-state index < -0.39 is 12.0 Å². The maximum absolute atomic E-state index is 12.2. The van der Waals surface area contributed by atoms with Gasteiger partial charge in [0.2, 0.25) is 0 Å². The number of halogens is 1. The number of carboxylic acid groups (broad SMARTS) is 1. The lowest BCUT2D eigenvalue weighted by molar-refractivity contribution is -0.139. The first-order chi connectivity index (χ1) is 15.1. The number of carbonyl (C=O) groups is 1. The van der Waals surface area contributed by atoms with Gasteiger partial charge in [0.1, 0.15) is 11.5 Å². The molecule has 2 aliphatic rings. The van der Waals surface area contributed by atoms with Gasteiger partial charge < -0.3 is 5.11 Å². The van der Waals surface area contributed by atoms with Crippen LogP contribution in [0.25, 0.3) is 0 Å². The number of carboxylic acids is 1. The Bertz CT molecular complexity index is 840. The SMILES string of the molecule is O=C(O)C(Cc1ccc(I)cc1)NC1SCC(c2ccccc2)N1C1CCCCCC1. The summed E-state index contributed by atoms with van der Waals surface area (Å²) in [4.78, 5) is 14.8. The molecule has 4 rings (SSSR count). The van der Waals surface area contributed by atoms with Gasteiger partial charge in [-0.25, -0.2) is 0 Å². The van der Waals surface area contributed by atoms with E-state index in [0.717, 1.165) is 14.9 Å². The van der Waals surface area contributed by atoms with Crippen molar-refractivity contribution < 1.29 is 9.90 Å². The second-order valence-electron chi connectivity index (χ2n) is 8.59. The lowest BCUT2D eigenvalue weighted by Crippen LogP contribution is -2.52.